The van der Waals surface area contributed by atoms with Crippen molar-refractivity contribution in [2.75, 3.05) is 13.2 Å². The lowest BCUT2D eigenvalue weighted by atomic mass is 10.0. The van der Waals surface area contributed by atoms with Crippen LogP contribution in [0.1, 0.15) is 323 Å². The molecule has 6 nitrogen and oxygen atoms in total. The zero-order valence-electron chi connectivity index (χ0n) is 53.7. The molecular weight excluding hydrogens is 1010 g/mol. The van der Waals surface area contributed by atoms with Crippen molar-refractivity contribution in [3.63, 3.8) is 0 Å². The Morgan fingerprint density at radius 1 is 0.256 bits per heavy atom. The van der Waals surface area contributed by atoms with Crippen molar-refractivity contribution in [1.29, 1.82) is 0 Å². The summed E-state index contributed by atoms with van der Waals surface area (Å²) in [4.78, 5) is 38.4. The second-order valence-corrected chi connectivity index (χ2v) is 22.7. The molecule has 0 amide bonds. The van der Waals surface area contributed by atoms with Gasteiger partial charge in [0, 0.05) is 19.3 Å². The maximum atomic E-state index is 12.9. The highest BCUT2D eigenvalue weighted by atomic mass is 16.6. The van der Waals surface area contributed by atoms with E-state index in [0.29, 0.717) is 19.3 Å². The Labute approximate surface area is 507 Å². The maximum absolute atomic E-state index is 12.9. The van der Waals surface area contributed by atoms with Crippen LogP contribution in [0, 0.1) is 0 Å². The molecule has 0 bridgehead atoms. The van der Waals surface area contributed by atoms with Gasteiger partial charge in [-0.05, 0) is 135 Å². The molecule has 1 atom stereocenters. The van der Waals surface area contributed by atoms with Gasteiger partial charge in [-0.1, -0.05) is 290 Å². The molecule has 0 saturated heterocycles. The number of unbranched alkanes of at least 4 members (excludes halogenated alkanes) is 31. The molecule has 0 radical (unpaired) electrons. The molecule has 6 heteroatoms. The second kappa shape index (κ2) is 69.3. The number of carbonyl (C=O) groups is 3. The number of esters is 3. The highest BCUT2D eigenvalue weighted by Gasteiger charge is 2.19. The Bertz CT molecular complexity index is 1690. The molecule has 0 fully saturated rings. The molecule has 0 spiro atoms. The van der Waals surface area contributed by atoms with Crippen molar-refractivity contribution in [3.05, 3.63) is 122 Å². The molecule has 0 heterocycles. The van der Waals surface area contributed by atoms with Gasteiger partial charge in [-0.3, -0.25) is 14.4 Å². The van der Waals surface area contributed by atoms with E-state index >= 15 is 0 Å². The molecular formula is C76H128O6. The lowest BCUT2D eigenvalue weighted by molar-refractivity contribution is -0.167. The van der Waals surface area contributed by atoms with E-state index in [1.54, 1.807) is 0 Å². The van der Waals surface area contributed by atoms with Gasteiger partial charge in [-0.15, -0.1) is 0 Å². The summed E-state index contributed by atoms with van der Waals surface area (Å²) in [6.45, 7) is 6.48. The molecule has 0 aromatic carbocycles. The summed E-state index contributed by atoms with van der Waals surface area (Å²) < 4.78 is 16.9. The lowest BCUT2D eigenvalue weighted by Crippen LogP contribution is -2.30. The Kier molecular flexibility index (Phi) is 65.8. The van der Waals surface area contributed by atoms with E-state index < -0.39 is 6.10 Å². The monoisotopic (exact) mass is 1140 g/mol. The lowest BCUT2D eigenvalue weighted by Gasteiger charge is -2.18. The Balaban J connectivity index is 4.25. The minimum Gasteiger partial charge on any atom is -0.462 e. The summed E-state index contributed by atoms with van der Waals surface area (Å²) in [5, 5.41) is 0. The summed E-state index contributed by atoms with van der Waals surface area (Å²) in [5.74, 6) is -0.908. The summed E-state index contributed by atoms with van der Waals surface area (Å²) >= 11 is 0. The molecule has 0 aromatic rings. The fourth-order valence-corrected chi connectivity index (χ4v) is 9.51. The van der Waals surface area contributed by atoms with Gasteiger partial charge in [0.2, 0.25) is 0 Å². The minimum absolute atomic E-state index is 0.0884. The van der Waals surface area contributed by atoms with E-state index in [9.17, 15) is 14.4 Å². The summed E-state index contributed by atoms with van der Waals surface area (Å²) in [6.07, 6.45) is 96.5. The van der Waals surface area contributed by atoms with Gasteiger partial charge >= 0.3 is 17.9 Å². The van der Waals surface area contributed by atoms with Gasteiger partial charge in [0.1, 0.15) is 13.2 Å². The molecule has 468 valence electrons. The van der Waals surface area contributed by atoms with Crippen molar-refractivity contribution in [2.24, 2.45) is 0 Å². The third kappa shape index (κ3) is 66.6. The third-order valence-corrected chi connectivity index (χ3v) is 14.7. The van der Waals surface area contributed by atoms with Gasteiger partial charge in [-0.25, -0.2) is 0 Å². The molecule has 0 N–H and O–H groups in total. The van der Waals surface area contributed by atoms with Crippen LogP contribution in [-0.4, -0.2) is 37.2 Å². The predicted octanol–water partition coefficient (Wildman–Crippen LogP) is 23.9. The molecule has 0 aliphatic carbocycles. The Morgan fingerprint density at radius 2 is 0.476 bits per heavy atom. The van der Waals surface area contributed by atoms with Gasteiger partial charge in [0.25, 0.3) is 0 Å². The largest absolute Gasteiger partial charge is 0.462 e. The van der Waals surface area contributed by atoms with Crippen molar-refractivity contribution in [3.8, 4) is 0 Å². The smallest absolute Gasteiger partial charge is 0.306 e. The highest BCUT2D eigenvalue weighted by Crippen LogP contribution is 2.16. The first-order valence-electron chi connectivity index (χ1n) is 34.5. The number of ether oxygens (including phenoxy) is 3. The number of carbonyl (C=O) groups excluding carboxylic acids is 3. The normalized spacial score (nSPS) is 12.9. The zero-order valence-corrected chi connectivity index (χ0v) is 53.7. The topological polar surface area (TPSA) is 78.9 Å². The maximum Gasteiger partial charge on any atom is 0.306 e. The number of hydrogen-bond acceptors (Lipinski definition) is 6. The fourth-order valence-electron chi connectivity index (χ4n) is 9.51. The zero-order chi connectivity index (χ0) is 59.2. The first-order valence-corrected chi connectivity index (χ1v) is 34.5. The van der Waals surface area contributed by atoms with Crippen molar-refractivity contribution in [2.45, 2.75) is 329 Å². The number of allylic oxidation sites excluding steroid dienone is 20. The van der Waals surface area contributed by atoms with Crippen LogP contribution in [-0.2, 0) is 28.6 Å². The second-order valence-electron chi connectivity index (χ2n) is 22.7. The molecule has 82 heavy (non-hydrogen) atoms. The average Bonchev–Trinajstić information content (AvgIpc) is 3.47. The van der Waals surface area contributed by atoms with Crippen LogP contribution in [0.4, 0.5) is 0 Å². The fraction of sp³-hybridized carbons (Fsp3) is 0.697. The molecule has 1 unspecified atom stereocenters. The molecule has 0 aliphatic heterocycles. The standard InChI is InChI=1S/C76H128O6/c1-4-7-10-13-16-19-22-25-28-30-31-32-33-34-35-36-37-38-39-40-41-42-43-44-45-46-49-51-54-57-60-63-66-69-75(78)81-72-73(71-80-74(77)68-65-62-59-56-53-50-47-27-24-21-18-15-12-9-6-3)82-76(79)70-67-64-61-58-55-52-48-29-26-23-20-17-14-11-8-5-2/h7,10,16,18-21,23,25,27-29,31-32,34-35,37-38,47-48,73H,4-6,8-9,11-15,17,22,24,26,30,33,36,39-46,49-72H2,1-3H3/b10-7-,19-16-,21-18-,23-20-,28-25-,32-31-,35-34-,38-37-,47-27-,48-29-. The number of hydrogen-bond donors (Lipinski definition) is 0. The molecule has 0 aromatic heterocycles. The summed E-state index contributed by atoms with van der Waals surface area (Å²) in [6, 6.07) is 0. The first-order chi connectivity index (χ1) is 40.5. The van der Waals surface area contributed by atoms with Crippen LogP contribution in [0.5, 0.6) is 0 Å². The van der Waals surface area contributed by atoms with Crippen molar-refractivity contribution >= 4 is 17.9 Å². The number of rotatable bonds is 62. The third-order valence-electron chi connectivity index (χ3n) is 14.7. The molecule has 0 rings (SSSR count). The summed E-state index contributed by atoms with van der Waals surface area (Å²) in [5.41, 5.74) is 0. The van der Waals surface area contributed by atoms with Gasteiger partial charge in [0.05, 0.1) is 0 Å². The summed E-state index contributed by atoms with van der Waals surface area (Å²) in [7, 11) is 0. The van der Waals surface area contributed by atoms with Gasteiger partial charge in [-0.2, -0.15) is 0 Å². The van der Waals surface area contributed by atoms with Crippen molar-refractivity contribution in [1.82, 2.24) is 0 Å². The van der Waals surface area contributed by atoms with E-state index in [0.717, 1.165) is 148 Å². The van der Waals surface area contributed by atoms with Crippen LogP contribution >= 0.6 is 0 Å². The van der Waals surface area contributed by atoms with Gasteiger partial charge in [0.15, 0.2) is 6.10 Å². The van der Waals surface area contributed by atoms with Crippen LogP contribution in [0.2, 0.25) is 0 Å². The van der Waals surface area contributed by atoms with Crippen LogP contribution < -0.4 is 0 Å². The van der Waals surface area contributed by atoms with Crippen LogP contribution in [0.15, 0.2) is 122 Å². The van der Waals surface area contributed by atoms with E-state index in [1.165, 1.54) is 135 Å². The Morgan fingerprint density at radius 3 is 0.768 bits per heavy atom. The van der Waals surface area contributed by atoms with E-state index in [2.05, 4.69) is 142 Å². The molecule has 0 saturated carbocycles. The van der Waals surface area contributed by atoms with Gasteiger partial charge < -0.3 is 14.2 Å². The minimum atomic E-state index is -0.794. The Hall–Kier alpha value is -4.19. The van der Waals surface area contributed by atoms with Crippen LogP contribution in [0.25, 0.3) is 0 Å². The SMILES string of the molecule is CC/C=C\C/C=C\C/C=C\C/C=C\C/C=C\C/C=C\CCCCCCCCCCCCCCCCC(=O)OCC(COC(=O)CCCCCCC/C=C\C/C=C\CCCCC)OC(=O)CCCCCCC/C=C\C/C=C\CCCCCC. The van der Waals surface area contributed by atoms with E-state index in [1.807, 2.05) is 0 Å². The molecule has 0 aliphatic rings. The van der Waals surface area contributed by atoms with Crippen LogP contribution in [0.3, 0.4) is 0 Å². The average molecular weight is 1140 g/mol. The van der Waals surface area contributed by atoms with E-state index in [-0.39, 0.29) is 31.1 Å². The van der Waals surface area contributed by atoms with Crippen molar-refractivity contribution < 1.29 is 28.6 Å². The highest BCUT2D eigenvalue weighted by molar-refractivity contribution is 5.71. The predicted molar refractivity (Wildman–Crippen MR) is 357 cm³/mol. The quantitative estimate of drug-likeness (QED) is 0.0261. The van der Waals surface area contributed by atoms with E-state index in [4.69, 9.17) is 14.2 Å². The first kappa shape index (κ1) is 77.8.